The van der Waals surface area contributed by atoms with Gasteiger partial charge in [-0.2, -0.15) is 0 Å². The number of hydrogen-bond donors (Lipinski definition) is 1. The van der Waals surface area contributed by atoms with Gasteiger partial charge in [0.15, 0.2) is 0 Å². The Kier molecular flexibility index (Phi) is 5.32. The molecule has 1 fully saturated rings. The van der Waals surface area contributed by atoms with Gasteiger partial charge in [-0.15, -0.1) is 5.73 Å². The van der Waals surface area contributed by atoms with E-state index in [1.165, 1.54) is 6.42 Å². The second kappa shape index (κ2) is 5.82. The average Bonchev–Trinajstić information content (AvgIpc) is 2.36. The average molecular weight is 151 g/mol. The smallest absolute Gasteiger partial charge is 0.0794 e. The molecule has 0 amide bonds. The van der Waals surface area contributed by atoms with E-state index in [0.29, 0.717) is 0 Å². The van der Waals surface area contributed by atoms with Crippen LogP contribution < -0.4 is 5.32 Å². The van der Waals surface area contributed by atoms with Crippen LogP contribution in [0.5, 0.6) is 0 Å². The van der Waals surface area contributed by atoms with E-state index in [0.717, 1.165) is 24.2 Å². The van der Waals surface area contributed by atoms with Crippen LogP contribution in [0.2, 0.25) is 0 Å². The molecule has 0 aliphatic carbocycles. The van der Waals surface area contributed by atoms with Gasteiger partial charge in [-0.3, -0.25) is 0 Å². The molecule has 1 saturated heterocycles. The molecule has 1 nitrogen and oxygen atoms in total. The Labute approximate surface area is 69.5 Å². The molecule has 0 bridgehead atoms. The first-order valence-corrected chi connectivity index (χ1v) is 4.08. The summed E-state index contributed by atoms with van der Waals surface area (Å²) in [5.41, 5.74) is 4.89. The second-order valence-electron chi connectivity index (χ2n) is 2.54. The van der Waals surface area contributed by atoms with E-state index in [4.69, 9.17) is 0 Å². The van der Waals surface area contributed by atoms with Crippen LogP contribution in [0, 0.1) is 0 Å². The zero-order valence-corrected chi connectivity index (χ0v) is 7.54. The molecule has 1 aliphatic rings. The molecule has 0 radical (unpaired) electrons. The maximum absolute atomic E-state index is 3.80. The van der Waals surface area contributed by atoms with Crippen molar-refractivity contribution in [3.8, 4) is 0 Å². The highest BCUT2D eigenvalue weighted by atomic mass is 14.9. The molecule has 62 valence electrons. The van der Waals surface area contributed by atoms with Crippen molar-refractivity contribution in [2.75, 3.05) is 6.54 Å². The molecule has 1 N–H and O–H groups in total. The van der Waals surface area contributed by atoms with Gasteiger partial charge in [-0.05, 0) is 12.0 Å². The lowest BCUT2D eigenvalue weighted by molar-refractivity contribution is 0.916. The summed E-state index contributed by atoms with van der Waals surface area (Å²) in [6, 6.07) is 0. The van der Waals surface area contributed by atoms with Crippen LogP contribution in [-0.2, 0) is 0 Å². The van der Waals surface area contributed by atoms with E-state index >= 15 is 0 Å². The van der Waals surface area contributed by atoms with Crippen LogP contribution in [0.4, 0.5) is 0 Å². The summed E-state index contributed by atoms with van der Waals surface area (Å²) in [6.07, 6.45) is 2.29. The van der Waals surface area contributed by atoms with E-state index < -0.39 is 0 Å². The van der Waals surface area contributed by atoms with Crippen LogP contribution in [0.25, 0.3) is 0 Å². The van der Waals surface area contributed by atoms with Crippen LogP contribution in [0.3, 0.4) is 0 Å². The molecule has 11 heavy (non-hydrogen) atoms. The Balaban J connectivity index is 0.000000292. The fraction of sp³-hybridized carbons (Fsp3) is 0.500. The van der Waals surface area contributed by atoms with Crippen molar-refractivity contribution in [3.63, 3.8) is 0 Å². The summed E-state index contributed by atoms with van der Waals surface area (Å²) in [6.45, 7) is 12.6. The van der Waals surface area contributed by atoms with Crippen molar-refractivity contribution in [1.82, 2.24) is 5.32 Å². The van der Waals surface area contributed by atoms with Crippen molar-refractivity contribution < 1.29 is 0 Å². The fourth-order valence-corrected chi connectivity index (χ4v) is 0.776. The highest BCUT2D eigenvalue weighted by molar-refractivity contribution is 5.29. The van der Waals surface area contributed by atoms with E-state index in [9.17, 15) is 0 Å². The maximum atomic E-state index is 3.80. The third-order valence-electron chi connectivity index (χ3n) is 1.26. The number of allylic oxidation sites excluding steroid dienone is 1. The van der Waals surface area contributed by atoms with E-state index in [2.05, 4.69) is 38.1 Å². The molecule has 0 aromatic heterocycles. The van der Waals surface area contributed by atoms with Crippen molar-refractivity contribution in [2.45, 2.75) is 26.7 Å². The molecular formula is C10H17N. The van der Waals surface area contributed by atoms with Crippen molar-refractivity contribution in [1.29, 1.82) is 0 Å². The molecule has 0 spiro atoms. The van der Waals surface area contributed by atoms with Crippen LogP contribution in [0.1, 0.15) is 26.7 Å². The summed E-state index contributed by atoms with van der Waals surface area (Å²) < 4.78 is 0. The lowest BCUT2D eigenvalue weighted by Crippen LogP contribution is -2.01. The minimum absolute atomic E-state index is 0.991. The molecule has 1 aliphatic heterocycles. The molecular weight excluding hydrogens is 134 g/mol. The summed E-state index contributed by atoms with van der Waals surface area (Å²) >= 11 is 0. The van der Waals surface area contributed by atoms with Crippen molar-refractivity contribution >= 4 is 0 Å². The molecule has 1 heterocycles. The van der Waals surface area contributed by atoms with Crippen LogP contribution in [-0.4, -0.2) is 6.54 Å². The van der Waals surface area contributed by atoms with Gasteiger partial charge in [0.2, 0.25) is 0 Å². The zero-order valence-electron chi connectivity index (χ0n) is 7.54. The first-order valence-electron chi connectivity index (χ1n) is 4.08. The van der Waals surface area contributed by atoms with Gasteiger partial charge >= 0.3 is 0 Å². The SMILES string of the molecule is C=C=C1NCCC1=C.CCC. The monoisotopic (exact) mass is 151 g/mol. The van der Waals surface area contributed by atoms with Gasteiger partial charge in [-0.1, -0.05) is 33.4 Å². The lowest BCUT2D eigenvalue weighted by Gasteiger charge is -1.90. The van der Waals surface area contributed by atoms with E-state index in [-0.39, 0.29) is 0 Å². The van der Waals surface area contributed by atoms with Crippen molar-refractivity contribution in [2.24, 2.45) is 0 Å². The Bertz CT molecular complexity index is 173. The lowest BCUT2D eigenvalue weighted by atomic mass is 10.2. The number of nitrogens with one attached hydrogen (secondary N) is 1. The predicted molar refractivity (Wildman–Crippen MR) is 50.4 cm³/mol. The minimum atomic E-state index is 0.991. The highest BCUT2D eigenvalue weighted by Crippen LogP contribution is 2.12. The third kappa shape index (κ3) is 3.69. The highest BCUT2D eigenvalue weighted by Gasteiger charge is 2.07. The topological polar surface area (TPSA) is 12.0 Å². The maximum Gasteiger partial charge on any atom is 0.0794 e. The molecule has 0 aromatic rings. The van der Waals surface area contributed by atoms with Crippen molar-refractivity contribution in [3.05, 3.63) is 30.2 Å². The van der Waals surface area contributed by atoms with Crippen LogP contribution in [0.15, 0.2) is 30.2 Å². The van der Waals surface area contributed by atoms with E-state index in [1.54, 1.807) is 0 Å². The molecule has 1 rings (SSSR count). The summed E-state index contributed by atoms with van der Waals surface area (Å²) in [7, 11) is 0. The Morgan fingerprint density at radius 1 is 1.55 bits per heavy atom. The first kappa shape index (κ1) is 10.1. The Morgan fingerprint density at radius 3 is 2.27 bits per heavy atom. The predicted octanol–water partition coefficient (Wildman–Crippen LogP) is 2.62. The van der Waals surface area contributed by atoms with Gasteiger partial charge in [0.05, 0.1) is 5.70 Å². The van der Waals surface area contributed by atoms with Crippen LogP contribution >= 0.6 is 0 Å². The van der Waals surface area contributed by atoms with Gasteiger partial charge in [0, 0.05) is 6.54 Å². The molecule has 0 atom stereocenters. The van der Waals surface area contributed by atoms with Gasteiger partial charge in [0.25, 0.3) is 0 Å². The van der Waals surface area contributed by atoms with Gasteiger partial charge in [-0.25, -0.2) is 0 Å². The molecule has 1 heteroatoms. The summed E-state index contributed by atoms with van der Waals surface area (Å²) in [4.78, 5) is 0. The minimum Gasteiger partial charge on any atom is -0.378 e. The fourth-order valence-electron chi connectivity index (χ4n) is 0.776. The quantitative estimate of drug-likeness (QED) is 0.525. The molecule has 0 saturated carbocycles. The largest absolute Gasteiger partial charge is 0.378 e. The first-order chi connectivity index (χ1) is 5.26. The Morgan fingerprint density at radius 2 is 2.09 bits per heavy atom. The summed E-state index contributed by atoms with van der Waals surface area (Å²) in [5, 5.41) is 3.10. The normalized spacial score (nSPS) is 14.7. The number of rotatable bonds is 0. The molecule has 0 unspecified atom stereocenters. The standard InChI is InChI=1S/C7H9N.C3H8/c1-3-7-6(2)4-5-8-7;1-3-2/h8H,1-2,4-5H2;3H2,1-2H3. The van der Waals surface area contributed by atoms with Gasteiger partial charge < -0.3 is 5.32 Å². The zero-order chi connectivity index (χ0) is 8.69. The van der Waals surface area contributed by atoms with E-state index in [1.807, 2.05) is 0 Å². The molecule has 0 aromatic carbocycles. The van der Waals surface area contributed by atoms with Gasteiger partial charge in [0.1, 0.15) is 0 Å². The third-order valence-corrected chi connectivity index (χ3v) is 1.26. The Hall–Kier alpha value is -0.940. The summed E-state index contributed by atoms with van der Waals surface area (Å²) in [5.74, 6) is 0. The second-order valence-corrected chi connectivity index (χ2v) is 2.54. The number of hydrogen-bond acceptors (Lipinski definition) is 1.